The molecule has 0 amide bonds. The summed E-state index contributed by atoms with van der Waals surface area (Å²) in [7, 11) is 0.437. The quantitative estimate of drug-likeness (QED) is 0.318. The molecule has 0 saturated heterocycles. The lowest BCUT2D eigenvalue weighted by molar-refractivity contribution is 0.669. The molecule has 0 nitrogen and oxygen atoms in total. The van der Waals surface area contributed by atoms with E-state index in [0.29, 0.717) is 10.5 Å². The van der Waals surface area contributed by atoms with Gasteiger partial charge in [-0.1, -0.05) is 46.0 Å². The molecule has 0 aliphatic heterocycles. The Morgan fingerprint density at radius 3 is 2.45 bits per heavy atom. The fraction of sp³-hybridized carbons (Fsp3) is 0.667. The normalized spacial score (nSPS) is 12.4. The van der Waals surface area contributed by atoms with E-state index < -0.39 is 0 Å². The summed E-state index contributed by atoms with van der Waals surface area (Å²) in [5, 5.41) is 4.93. The van der Waals surface area contributed by atoms with E-state index in [9.17, 15) is 0 Å². The maximum atomic E-state index is 2.49. The molecule has 0 radical (unpaired) electrons. The van der Waals surface area contributed by atoms with E-state index >= 15 is 0 Å². The summed E-state index contributed by atoms with van der Waals surface area (Å²) in [6.45, 7) is 4.59. The molecule has 0 N–H and O–H groups in total. The minimum atomic E-state index is 0.437. The monoisotopic (exact) mass is 309 g/mol. The van der Waals surface area contributed by atoms with Crippen molar-refractivity contribution in [1.82, 2.24) is 0 Å². The van der Waals surface area contributed by atoms with Crippen molar-refractivity contribution in [2.45, 2.75) is 77.4 Å². The van der Waals surface area contributed by atoms with Crippen LogP contribution >= 0.6 is 21.8 Å². The fourth-order valence-electron chi connectivity index (χ4n) is 2.79. The first-order valence-corrected chi connectivity index (χ1v) is 10.7. The second-order valence-corrected chi connectivity index (χ2v) is 8.62. The molecule has 2 heterocycles. The van der Waals surface area contributed by atoms with E-state index in [2.05, 4.69) is 30.7 Å². The lowest BCUT2D eigenvalue weighted by Crippen LogP contribution is -1.84. The maximum Gasteiger partial charge on any atom is 0.194 e. The Labute approximate surface area is 131 Å². The van der Waals surface area contributed by atoms with Crippen molar-refractivity contribution >= 4 is 31.2 Å². The Morgan fingerprint density at radius 2 is 1.70 bits per heavy atom. The minimum absolute atomic E-state index is 0.437. The van der Waals surface area contributed by atoms with Gasteiger partial charge in [0.1, 0.15) is 11.1 Å². The predicted octanol–water partition coefficient (Wildman–Crippen LogP) is 7.35. The van der Waals surface area contributed by atoms with Crippen LogP contribution in [0.3, 0.4) is 0 Å². The molecule has 2 aromatic heterocycles. The molecule has 2 rings (SSSR count). The number of hydrogen-bond acceptors (Lipinski definition) is 1. The van der Waals surface area contributed by atoms with Gasteiger partial charge >= 0.3 is 0 Å². The van der Waals surface area contributed by atoms with Crippen LogP contribution in [0.15, 0.2) is 16.8 Å². The van der Waals surface area contributed by atoms with Gasteiger partial charge in [0.2, 0.25) is 0 Å². The first-order valence-electron chi connectivity index (χ1n) is 8.35. The van der Waals surface area contributed by atoms with E-state index in [1.54, 1.807) is 15.0 Å². The van der Waals surface area contributed by atoms with Gasteiger partial charge in [0.15, 0.2) is 4.70 Å². The van der Waals surface area contributed by atoms with Crippen LogP contribution in [0.5, 0.6) is 0 Å². The Balaban J connectivity index is 1.94. The Kier molecular flexibility index (Phi) is 7.09. The van der Waals surface area contributed by atoms with Crippen LogP contribution in [0.25, 0.3) is 9.40 Å². The first-order chi connectivity index (χ1) is 9.86. The van der Waals surface area contributed by atoms with Crippen LogP contribution in [0.2, 0.25) is 0 Å². The summed E-state index contributed by atoms with van der Waals surface area (Å²) in [4.78, 5) is 0. The molecule has 0 aromatic carbocycles. The summed E-state index contributed by atoms with van der Waals surface area (Å²) >= 11 is 1.97. The highest BCUT2D eigenvalue weighted by molar-refractivity contribution is 7.38. The topological polar surface area (TPSA) is 0 Å². The van der Waals surface area contributed by atoms with Crippen LogP contribution in [-0.4, -0.2) is 0 Å². The molecule has 1 atom stereocenters. The van der Waals surface area contributed by atoms with E-state index in [1.807, 2.05) is 11.3 Å². The smallest absolute Gasteiger partial charge is 0.138 e. The zero-order valence-electron chi connectivity index (χ0n) is 13.1. The third-order valence-electron chi connectivity index (χ3n) is 4.01. The van der Waals surface area contributed by atoms with E-state index in [0.717, 1.165) is 0 Å². The number of rotatable bonds is 10. The van der Waals surface area contributed by atoms with Crippen molar-refractivity contribution in [3.63, 3.8) is 0 Å². The van der Waals surface area contributed by atoms with Crippen LogP contribution in [0.4, 0.5) is 0 Å². The molecule has 0 saturated carbocycles. The van der Waals surface area contributed by atoms with Gasteiger partial charge in [-0.15, -0.1) is 11.3 Å². The molecule has 20 heavy (non-hydrogen) atoms. The number of aryl methyl sites for hydroxylation is 2. The molecule has 0 aliphatic carbocycles. The fourth-order valence-corrected chi connectivity index (χ4v) is 6.43. The van der Waals surface area contributed by atoms with Crippen LogP contribution in [0, 0.1) is 0 Å². The SMILES string of the molecule is CCCCCCc1csc2cc[s+](CCCCCC)c12. The summed E-state index contributed by atoms with van der Waals surface area (Å²) < 4.78 is 3.29. The highest BCUT2D eigenvalue weighted by Gasteiger charge is 2.18. The van der Waals surface area contributed by atoms with Gasteiger partial charge in [0.05, 0.1) is 4.70 Å². The highest BCUT2D eigenvalue weighted by Crippen LogP contribution is 2.40. The van der Waals surface area contributed by atoms with Gasteiger partial charge in [0.25, 0.3) is 0 Å². The predicted molar refractivity (Wildman–Crippen MR) is 96.3 cm³/mol. The van der Waals surface area contributed by atoms with Gasteiger partial charge in [-0.25, -0.2) is 0 Å². The molecule has 1 unspecified atom stereocenters. The number of fused-ring (bicyclic) bond motifs is 1. The number of unbranched alkanes of at least 4 members (excludes halogenated alkanes) is 6. The molecule has 2 heteroatoms. The standard InChI is InChI=1S/C18H29S2/c1-3-5-7-9-11-16-15-19-17-12-14-20(18(16)17)13-10-8-6-4-2/h12,14-15H,3-11,13H2,1-2H3/q+1. The van der Waals surface area contributed by atoms with Gasteiger partial charge in [-0.05, 0) is 36.2 Å². The molecule has 2 aromatic rings. The van der Waals surface area contributed by atoms with Crippen molar-refractivity contribution in [3.8, 4) is 0 Å². The first kappa shape index (κ1) is 16.0. The Hall–Kier alpha value is -0.340. The second kappa shape index (κ2) is 8.84. The van der Waals surface area contributed by atoms with Crippen molar-refractivity contribution < 1.29 is 0 Å². The third kappa shape index (κ3) is 4.33. The number of thiophene rings is 2. The van der Waals surface area contributed by atoms with E-state index in [4.69, 9.17) is 0 Å². The van der Waals surface area contributed by atoms with Crippen LogP contribution in [-0.2, 0) is 12.2 Å². The van der Waals surface area contributed by atoms with Gasteiger partial charge < -0.3 is 0 Å². The van der Waals surface area contributed by atoms with Gasteiger partial charge in [0, 0.05) is 17.0 Å². The highest BCUT2D eigenvalue weighted by atomic mass is 32.2. The van der Waals surface area contributed by atoms with Gasteiger partial charge in [-0.2, -0.15) is 0 Å². The molecular formula is C18H29S2+. The van der Waals surface area contributed by atoms with E-state index in [-0.39, 0.29) is 0 Å². The van der Waals surface area contributed by atoms with Gasteiger partial charge in [-0.3, -0.25) is 0 Å². The summed E-state index contributed by atoms with van der Waals surface area (Å²) in [6.07, 6.45) is 12.4. The minimum Gasteiger partial charge on any atom is -0.138 e. The van der Waals surface area contributed by atoms with Crippen LogP contribution < -0.4 is 0 Å². The van der Waals surface area contributed by atoms with E-state index in [1.165, 1.54) is 63.5 Å². The third-order valence-corrected chi connectivity index (χ3v) is 7.33. The number of hydrogen-bond donors (Lipinski definition) is 0. The molecular weight excluding hydrogens is 280 g/mol. The average molecular weight is 310 g/mol. The Bertz CT molecular complexity index is 451. The average Bonchev–Trinajstić information content (AvgIpc) is 3.03. The summed E-state index contributed by atoms with van der Waals surface area (Å²) in [5.74, 6) is 1.39. The zero-order valence-corrected chi connectivity index (χ0v) is 14.8. The van der Waals surface area contributed by atoms with Crippen molar-refractivity contribution in [2.24, 2.45) is 0 Å². The molecule has 0 bridgehead atoms. The molecule has 0 spiro atoms. The largest absolute Gasteiger partial charge is 0.194 e. The lowest BCUT2D eigenvalue weighted by atomic mass is 10.1. The Morgan fingerprint density at radius 1 is 0.950 bits per heavy atom. The lowest BCUT2D eigenvalue weighted by Gasteiger charge is -1.98. The summed E-state index contributed by atoms with van der Waals surface area (Å²) in [5.41, 5.74) is 1.67. The zero-order chi connectivity index (χ0) is 14.2. The van der Waals surface area contributed by atoms with Crippen molar-refractivity contribution in [2.75, 3.05) is 0 Å². The summed E-state index contributed by atoms with van der Waals surface area (Å²) in [6, 6.07) is 2.39. The maximum absolute atomic E-state index is 2.49. The van der Waals surface area contributed by atoms with Crippen molar-refractivity contribution in [3.05, 3.63) is 22.4 Å². The molecule has 0 aliphatic rings. The second-order valence-electron chi connectivity index (χ2n) is 5.76. The van der Waals surface area contributed by atoms with Crippen LogP contribution in [0.1, 0.15) is 70.8 Å². The van der Waals surface area contributed by atoms with Crippen molar-refractivity contribution in [1.29, 1.82) is 0 Å². The molecule has 112 valence electrons. The molecule has 0 fully saturated rings.